The van der Waals surface area contributed by atoms with Gasteiger partial charge in [-0.1, -0.05) is 6.58 Å². The Morgan fingerprint density at radius 1 is 1.27 bits per heavy atom. The summed E-state index contributed by atoms with van der Waals surface area (Å²) < 4.78 is 0. The van der Waals surface area contributed by atoms with Gasteiger partial charge in [-0.05, 0) is 58.5 Å². The predicted octanol–water partition coefficient (Wildman–Crippen LogP) is 2.37. The first-order chi connectivity index (χ1) is 6.91. The summed E-state index contributed by atoms with van der Waals surface area (Å²) in [5.41, 5.74) is 2.13. The minimum absolute atomic E-state index is 0.338. The molecule has 0 unspecified atom stereocenters. The molecular weight excluding hydrogens is 184 g/mol. The van der Waals surface area contributed by atoms with Gasteiger partial charge in [-0.15, -0.1) is 0 Å². The molecule has 0 aromatic carbocycles. The lowest BCUT2D eigenvalue weighted by Gasteiger charge is -2.44. The summed E-state index contributed by atoms with van der Waals surface area (Å²) >= 11 is 0. The van der Waals surface area contributed by atoms with Crippen LogP contribution >= 0.6 is 0 Å². The Morgan fingerprint density at radius 3 is 2.27 bits per heavy atom. The molecule has 15 heavy (non-hydrogen) atoms. The quantitative estimate of drug-likeness (QED) is 0.657. The summed E-state index contributed by atoms with van der Waals surface area (Å²) in [6, 6.07) is 0. The van der Waals surface area contributed by atoms with E-state index >= 15 is 0 Å². The van der Waals surface area contributed by atoms with E-state index in [2.05, 4.69) is 37.6 Å². The van der Waals surface area contributed by atoms with Crippen molar-refractivity contribution in [1.82, 2.24) is 10.2 Å². The molecule has 0 saturated carbocycles. The second-order valence-electron chi connectivity index (χ2n) is 6.29. The lowest BCUT2D eigenvalue weighted by molar-refractivity contribution is 0.0523. The third kappa shape index (κ3) is 2.20. The van der Waals surface area contributed by atoms with Gasteiger partial charge in [0.2, 0.25) is 0 Å². The highest BCUT2D eigenvalue weighted by molar-refractivity contribution is 5.08. The first-order valence-electron chi connectivity index (χ1n) is 6.08. The molecule has 0 atom stereocenters. The summed E-state index contributed by atoms with van der Waals surface area (Å²) in [6.45, 7) is 14.6. The summed E-state index contributed by atoms with van der Waals surface area (Å²) in [5.74, 6) is 0. The second-order valence-corrected chi connectivity index (χ2v) is 6.29. The summed E-state index contributed by atoms with van der Waals surface area (Å²) in [4.78, 5) is 2.61. The Balaban J connectivity index is 1.95. The van der Waals surface area contributed by atoms with Gasteiger partial charge in [-0.2, -0.15) is 0 Å². The van der Waals surface area contributed by atoms with Crippen molar-refractivity contribution in [2.75, 3.05) is 19.6 Å². The molecule has 2 nitrogen and oxygen atoms in total. The molecular formula is C13H24N2. The molecule has 0 radical (unpaired) electrons. The van der Waals surface area contributed by atoms with Gasteiger partial charge in [0.25, 0.3) is 0 Å². The largest absolute Gasteiger partial charge is 0.388 e. The van der Waals surface area contributed by atoms with Crippen molar-refractivity contribution in [2.24, 2.45) is 5.41 Å². The van der Waals surface area contributed by atoms with Gasteiger partial charge < -0.3 is 5.32 Å². The molecule has 1 spiro atoms. The number of nitrogens with one attached hydrogen (secondary N) is 1. The second kappa shape index (κ2) is 3.51. The lowest BCUT2D eigenvalue weighted by Crippen LogP contribution is -2.49. The molecule has 0 bridgehead atoms. The van der Waals surface area contributed by atoms with Crippen molar-refractivity contribution in [1.29, 1.82) is 0 Å². The van der Waals surface area contributed by atoms with E-state index in [4.69, 9.17) is 0 Å². The lowest BCUT2D eigenvalue weighted by atomic mass is 9.76. The van der Waals surface area contributed by atoms with Crippen LogP contribution in [0, 0.1) is 5.41 Å². The van der Waals surface area contributed by atoms with E-state index in [1.165, 1.54) is 38.0 Å². The van der Waals surface area contributed by atoms with Gasteiger partial charge in [0.05, 0.1) is 0 Å². The van der Waals surface area contributed by atoms with Crippen molar-refractivity contribution in [3.63, 3.8) is 0 Å². The molecule has 2 heterocycles. The maximum absolute atomic E-state index is 4.05. The van der Waals surface area contributed by atoms with Crippen LogP contribution in [0.5, 0.6) is 0 Å². The highest BCUT2D eigenvalue weighted by atomic mass is 15.2. The molecule has 0 aliphatic carbocycles. The van der Waals surface area contributed by atoms with Crippen molar-refractivity contribution in [3.8, 4) is 0 Å². The smallest absolute Gasteiger partial charge is 0.0205 e. The molecule has 2 aliphatic rings. The van der Waals surface area contributed by atoms with Gasteiger partial charge in [0.15, 0.2) is 0 Å². The Kier molecular flexibility index (Phi) is 2.58. The Labute approximate surface area is 93.7 Å². The minimum Gasteiger partial charge on any atom is -0.388 e. The van der Waals surface area contributed by atoms with E-state index in [9.17, 15) is 0 Å². The van der Waals surface area contributed by atoms with E-state index in [1.54, 1.807) is 0 Å². The minimum atomic E-state index is 0.338. The highest BCUT2D eigenvalue weighted by Crippen LogP contribution is 2.41. The molecule has 2 saturated heterocycles. The SMILES string of the molecule is C=C1CC2(CCN(C(C)(C)C)CC2)CN1. The van der Waals surface area contributed by atoms with Gasteiger partial charge in [0.1, 0.15) is 0 Å². The predicted molar refractivity (Wildman–Crippen MR) is 64.8 cm³/mol. The maximum atomic E-state index is 4.05. The zero-order chi connectivity index (χ0) is 11.1. The van der Waals surface area contributed by atoms with Crippen LogP contribution in [0.4, 0.5) is 0 Å². The van der Waals surface area contributed by atoms with Crippen LogP contribution < -0.4 is 5.32 Å². The average Bonchev–Trinajstić information content (AvgIpc) is 2.47. The van der Waals surface area contributed by atoms with Crippen LogP contribution in [0.3, 0.4) is 0 Å². The Morgan fingerprint density at radius 2 is 1.87 bits per heavy atom. The van der Waals surface area contributed by atoms with Gasteiger partial charge in [-0.25, -0.2) is 0 Å². The number of nitrogens with zero attached hydrogens (tertiary/aromatic N) is 1. The van der Waals surface area contributed by atoms with Crippen LogP contribution in [-0.4, -0.2) is 30.1 Å². The third-order valence-corrected chi connectivity index (χ3v) is 4.07. The van der Waals surface area contributed by atoms with Crippen LogP contribution in [-0.2, 0) is 0 Å². The zero-order valence-corrected chi connectivity index (χ0v) is 10.4. The Bertz CT molecular complexity index is 254. The van der Waals surface area contributed by atoms with Gasteiger partial charge in [0, 0.05) is 17.8 Å². The van der Waals surface area contributed by atoms with E-state index in [0.717, 1.165) is 6.54 Å². The molecule has 2 aliphatic heterocycles. The fraction of sp³-hybridized carbons (Fsp3) is 0.846. The van der Waals surface area contributed by atoms with Crippen molar-refractivity contribution < 1.29 is 0 Å². The molecule has 0 aromatic heterocycles. The number of likely N-dealkylation sites (tertiary alicyclic amines) is 1. The zero-order valence-electron chi connectivity index (χ0n) is 10.4. The fourth-order valence-corrected chi connectivity index (χ4v) is 2.90. The summed E-state index contributed by atoms with van der Waals surface area (Å²) in [7, 11) is 0. The number of allylic oxidation sites excluding steroid dienone is 1. The molecule has 1 N–H and O–H groups in total. The van der Waals surface area contributed by atoms with Crippen LogP contribution in [0.1, 0.15) is 40.0 Å². The Hall–Kier alpha value is -0.500. The summed E-state index contributed by atoms with van der Waals surface area (Å²) in [6.07, 6.45) is 3.86. The van der Waals surface area contributed by atoms with Gasteiger partial charge in [-0.3, -0.25) is 4.90 Å². The number of piperidine rings is 1. The van der Waals surface area contributed by atoms with Gasteiger partial charge >= 0.3 is 0 Å². The maximum Gasteiger partial charge on any atom is 0.0205 e. The molecule has 0 aromatic rings. The number of hydrogen-bond donors (Lipinski definition) is 1. The molecule has 0 amide bonds. The fourth-order valence-electron chi connectivity index (χ4n) is 2.90. The monoisotopic (exact) mass is 208 g/mol. The van der Waals surface area contributed by atoms with E-state index in [-0.39, 0.29) is 0 Å². The van der Waals surface area contributed by atoms with Crippen molar-refractivity contribution in [2.45, 2.75) is 45.6 Å². The van der Waals surface area contributed by atoms with E-state index < -0.39 is 0 Å². The number of rotatable bonds is 0. The molecule has 2 rings (SSSR count). The highest BCUT2D eigenvalue weighted by Gasteiger charge is 2.40. The number of hydrogen-bond acceptors (Lipinski definition) is 2. The van der Waals surface area contributed by atoms with Crippen LogP contribution in [0.25, 0.3) is 0 Å². The van der Waals surface area contributed by atoms with E-state index in [0.29, 0.717) is 11.0 Å². The van der Waals surface area contributed by atoms with E-state index in [1.807, 2.05) is 0 Å². The van der Waals surface area contributed by atoms with Crippen molar-refractivity contribution >= 4 is 0 Å². The first-order valence-corrected chi connectivity index (χ1v) is 6.08. The normalized spacial score (nSPS) is 27.0. The molecule has 2 heteroatoms. The third-order valence-electron chi connectivity index (χ3n) is 4.07. The molecule has 86 valence electrons. The average molecular weight is 208 g/mol. The van der Waals surface area contributed by atoms with Crippen LogP contribution in [0.2, 0.25) is 0 Å². The summed E-state index contributed by atoms with van der Waals surface area (Å²) in [5, 5.41) is 3.42. The van der Waals surface area contributed by atoms with Crippen LogP contribution in [0.15, 0.2) is 12.3 Å². The topological polar surface area (TPSA) is 15.3 Å². The molecule has 2 fully saturated rings. The van der Waals surface area contributed by atoms with Crippen molar-refractivity contribution in [3.05, 3.63) is 12.3 Å². The first kappa shape index (κ1) is 11.0. The standard InChI is InChI=1S/C13H24N2/c1-11-9-13(10-14-11)5-7-15(8-6-13)12(2,3)4/h14H,1,5-10H2,2-4H3.